The first-order valence-corrected chi connectivity index (χ1v) is 10.6. The molecule has 0 aliphatic rings. The molecule has 7 heteroatoms. The summed E-state index contributed by atoms with van der Waals surface area (Å²) >= 11 is 0. The van der Waals surface area contributed by atoms with Crippen molar-refractivity contribution >= 4 is 40.6 Å². The van der Waals surface area contributed by atoms with Crippen molar-refractivity contribution in [3.05, 3.63) is 83.9 Å². The topological polar surface area (TPSA) is 81.8 Å². The summed E-state index contributed by atoms with van der Waals surface area (Å²) in [6.07, 6.45) is 0.183. The van der Waals surface area contributed by atoms with Crippen LogP contribution in [0.1, 0.15) is 18.1 Å². The predicted octanol–water partition coefficient (Wildman–Crippen LogP) is 4.83. The van der Waals surface area contributed by atoms with Crippen LogP contribution in [0.3, 0.4) is 0 Å². The van der Waals surface area contributed by atoms with Crippen LogP contribution in [0.15, 0.2) is 72.8 Å². The van der Waals surface area contributed by atoms with Crippen LogP contribution in [0.2, 0.25) is 0 Å². The minimum atomic E-state index is -0.248. The highest BCUT2D eigenvalue weighted by atomic mass is 16.2. The molecule has 0 unspecified atom stereocenters. The molecule has 2 N–H and O–H groups in total. The number of carbonyl (C=O) groups is 3. The molecule has 170 valence electrons. The molecule has 0 aliphatic carbocycles. The third-order valence-electron chi connectivity index (χ3n) is 5.29. The molecule has 7 nitrogen and oxygen atoms in total. The zero-order chi connectivity index (χ0) is 24.0. The summed E-state index contributed by atoms with van der Waals surface area (Å²) in [7, 11) is 3.40. The lowest BCUT2D eigenvalue weighted by Gasteiger charge is -2.21. The standard InChI is InChI=1S/C26H28N4O3/c1-18-9-5-7-11-23(18)30(4)26(33)28-21-15-13-20(14-16-21)17-25(32)29(3)24-12-8-6-10-22(24)27-19(2)31/h5-16H,17H2,1-4H3,(H,27,31)(H,28,33). The Morgan fingerprint density at radius 3 is 2.00 bits per heavy atom. The molecule has 0 saturated heterocycles. The molecule has 4 amide bonds. The van der Waals surface area contributed by atoms with Gasteiger partial charge in [-0.05, 0) is 48.4 Å². The molecule has 33 heavy (non-hydrogen) atoms. The van der Waals surface area contributed by atoms with E-state index in [1.165, 1.54) is 11.8 Å². The number of benzene rings is 3. The van der Waals surface area contributed by atoms with Crippen molar-refractivity contribution in [3.8, 4) is 0 Å². The van der Waals surface area contributed by atoms with Gasteiger partial charge in [-0.3, -0.25) is 14.5 Å². The van der Waals surface area contributed by atoms with Gasteiger partial charge in [0.2, 0.25) is 11.8 Å². The molecule has 0 bridgehead atoms. The van der Waals surface area contributed by atoms with Crippen LogP contribution in [0, 0.1) is 6.92 Å². The zero-order valence-corrected chi connectivity index (χ0v) is 19.3. The number of urea groups is 1. The van der Waals surface area contributed by atoms with Gasteiger partial charge in [0.05, 0.1) is 17.8 Å². The molecule has 0 atom stereocenters. The highest BCUT2D eigenvalue weighted by Gasteiger charge is 2.16. The lowest BCUT2D eigenvalue weighted by atomic mass is 10.1. The van der Waals surface area contributed by atoms with E-state index in [1.807, 2.05) is 49.4 Å². The Labute approximate surface area is 194 Å². The van der Waals surface area contributed by atoms with Gasteiger partial charge >= 0.3 is 6.03 Å². The fraction of sp³-hybridized carbons (Fsp3) is 0.192. The second kappa shape index (κ2) is 10.5. The van der Waals surface area contributed by atoms with E-state index in [9.17, 15) is 14.4 Å². The minimum absolute atomic E-state index is 0.121. The summed E-state index contributed by atoms with van der Waals surface area (Å²) < 4.78 is 0. The predicted molar refractivity (Wildman–Crippen MR) is 133 cm³/mol. The molecule has 0 saturated carbocycles. The van der Waals surface area contributed by atoms with Crippen molar-refractivity contribution in [2.45, 2.75) is 20.3 Å². The third-order valence-corrected chi connectivity index (χ3v) is 5.29. The Bertz CT molecular complexity index is 1160. The van der Waals surface area contributed by atoms with Gasteiger partial charge in [-0.25, -0.2) is 4.79 Å². The number of para-hydroxylation sites is 3. The number of anilines is 4. The van der Waals surface area contributed by atoms with E-state index >= 15 is 0 Å². The van der Waals surface area contributed by atoms with Crippen LogP contribution < -0.4 is 20.4 Å². The van der Waals surface area contributed by atoms with Crippen molar-refractivity contribution < 1.29 is 14.4 Å². The Hall–Kier alpha value is -4.13. The van der Waals surface area contributed by atoms with Crippen molar-refractivity contribution in [1.82, 2.24) is 0 Å². The number of likely N-dealkylation sites (N-methyl/N-ethyl adjacent to an activating group) is 1. The summed E-state index contributed by atoms with van der Waals surface area (Å²) in [6, 6.07) is 21.8. The van der Waals surface area contributed by atoms with Gasteiger partial charge in [0, 0.05) is 32.4 Å². The first-order chi connectivity index (χ1) is 15.8. The number of rotatable bonds is 6. The van der Waals surface area contributed by atoms with Crippen LogP contribution in [-0.4, -0.2) is 31.9 Å². The van der Waals surface area contributed by atoms with Gasteiger partial charge in [0.25, 0.3) is 0 Å². The first-order valence-electron chi connectivity index (χ1n) is 10.6. The molecule has 0 aromatic heterocycles. The monoisotopic (exact) mass is 444 g/mol. The van der Waals surface area contributed by atoms with Gasteiger partial charge in [0.15, 0.2) is 0 Å². The van der Waals surface area contributed by atoms with Crippen molar-refractivity contribution in [1.29, 1.82) is 0 Å². The van der Waals surface area contributed by atoms with E-state index in [0.717, 1.165) is 16.8 Å². The SMILES string of the molecule is CC(=O)Nc1ccccc1N(C)C(=O)Cc1ccc(NC(=O)N(C)c2ccccc2C)cc1. The van der Waals surface area contributed by atoms with Gasteiger partial charge in [0.1, 0.15) is 0 Å². The summed E-state index contributed by atoms with van der Waals surface area (Å²) in [5, 5.41) is 5.62. The number of amides is 4. The Morgan fingerprint density at radius 1 is 0.758 bits per heavy atom. The first kappa shape index (κ1) is 23.5. The number of nitrogens with zero attached hydrogens (tertiary/aromatic N) is 2. The maximum atomic E-state index is 12.8. The number of carbonyl (C=O) groups excluding carboxylic acids is 3. The third kappa shape index (κ3) is 5.98. The quantitative estimate of drug-likeness (QED) is 0.572. The molecule has 3 aromatic rings. The average Bonchev–Trinajstić information content (AvgIpc) is 2.79. The van der Waals surface area contributed by atoms with Gasteiger partial charge in [-0.1, -0.05) is 42.5 Å². The van der Waals surface area contributed by atoms with E-state index < -0.39 is 0 Å². The lowest BCUT2D eigenvalue weighted by molar-refractivity contribution is -0.118. The van der Waals surface area contributed by atoms with E-state index in [0.29, 0.717) is 17.1 Å². The second-order valence-corrected chi connectivity index (χ2v) is 7.80. The summed E-state index contributed by atoms with van der Waals surface area (Å²) in [6.45, 7) is 3.38. The molecule has 0 fully saturated rings. The number of aryl methyl sites for hydroxylation is 1. The van der Waals surface area contributed by atoms with Crippen molar-refractivity contribution in [2.75, 3.05) is 34.5 Å². The molecular weight excluding hydrogens is 416 g/mol. The second-order valence-electron chi connectivity index (χ2n) is 7.80. The lowest BCUT2D eigenvalue weighted by Crippen LogP contribution is -2.31. The molecule has 3 aromatic carbocycles. The fourth-order valence-corrected chi connectivity index (χ4v) is 3.45. The Balaban J connectivity index is 1.64. The molecule has 0 spiro atoms. The smallest absolute Gasteiger partial charge is 0.325 e. The summed E-state index contributed by atoms with van der Waals surface area (Å²) in [4.78, 5) is 40.0. The Morgan fingerprint density at radius 2 is 1.36 bits per heavy atom. The van der Waals surface area contributed by atoms with Crippen molar-refractivity contribution in [3.63, 3.8) is 0 Å². The van der Waals surface area contributed by atoms with Crippen molar-refractivity contribution in [2.24, 2.45) is 0 Å². The fourth-order valence-electron chi connectivity index (χ4n) is 3.45. The maximum Gasteiger partial charge on any atom is 0.326 e. The molecule has 0 heterocycles. The molecule has 3 rings (SSSR count). The van der Waals surface area contributed by atoms with Crippen LogP contribution in [0.5, 0.6) is 0 Å². The normalized spacial score (nSPS) is 10.3. The van der Waals surface area contributed by atoms with Crippen LogP contribution >= 0.6 is 0 Å². The molecule has 0 aliphatic heterocycles. The van der Waals surface area contributed by atoms with Crippen LogP contribution in [0.4, 0.5) is 27.5 Å². The number of hydrogen-bond acceptors (Lipinski definition) is 3. The highest BCUT2D eigenvalue weighted by Crippen LogP contribution is 2.25. The number of nitrogens with one attached hydrogen (secondary N) is 2. The summed E-state index contributed by atoms with van der Waals surface area (Å²) in [5.41, 5.74) is 4.50. The number of hydrogen-bond donors (Lipinski definition) is 2. The molecule has 0 radical (unpaired) electrons. The zero-order valence-electron chi connectivity index (χ0n) is 19.3. The van der Waals surface area contributed by atoms with E-state index in [-0.39, 0.29) is 24.3 Å². The van der Waals surface area contributed by atoms with Crippen LogP contribution in [-0.2, 0) is 16.0 Å². The van der Waals surface area contributed by atoms with E-state index in [2.05, 4.69) is 10.6 Å². The highest BCUT2D eigenvalue weighted by molar-refractivity contribution is 6.02. The van der Waals surface area contributed by atoms with E-state index in [1.54, 1.807) is 49.3 Å². The van der Waals surface area contributed by atoms with E-state index in [4.69, 9.17) is 0 Å². The average molecular weight is 445 g/mol. The van der Waals surface area contributed by atoms with Gasteiger partial charge in [-0.15, -0.1) is 0 Å². The summed E-state index contributed by atoms with van der Waals surface area (Å²) in [5.74, 6) is -0.321. The molecular formula is C26H28N4O3. The maximum absolute atomic E-state index is 12.8. The van der Waals surface area contributed by atoms with Crippen LogP contribution in [0.25, 0.3) is 0 Å². The minimum Gasteiger partial charge on any atom is -0.325 e. The Kier molecular flexibility index (Phi) is 7.46. The largest absolute Gasteiger partial charge is 0.326 e. The van der Waals surface area contributed by atoms with Gasteiger partial charge < -0.3 is 15.5 Å². The van der Waals surface area contributed by atoms with Gasteiger partial charge in [-0.2, -0.15) is 0 Å².